The van der Waals surface area contributed by atoms with Gasteiger partial charge in [-0.25, -0.2) is 13.1 Å². The van der Waals surface area contributed by atoms with Gasteiger partial charge in [-0.1, -0.05) is 29.8 Å². The van der Waals surface area contributed by atoms with E-state index >= 15 is 0 Å². The van der Waals surface area contributed by atoms with E-state index in [9.17, 15) is 8.42 Å². The normalized spacial score (nSPS) is 12.4. The molecule has 2 aromatic rings. The standard InChI is InChI=1S/C16H21N2O2PS/c1-11-5-7-12(8-6-11)14-15(21)13(9-10-17-14)16(2,3)18-22(4,19)20/h5-10,18H,21H2,1-4H3. The maximum Gasteiger partial charge on any atom is 0.209 e. The third-order valence-electron chi connectivity index (χ3n) is 3.43. The molecule has 1 aromatic heterocycles. The molecule has 0 saturated heterocycles. The highest BCUT2D eigenvalue weighted by atomic mass is 32.2. The van der Waals surface area contributed by atoms with Crippen LogP contribution in [0.5, 0.6) is 0 Å². The van der Waals surface area contributed by atoms with Gasteiger partial charge in [0, 0.05) is 17.1 Å². The van der Waals surface area contributed by atoms with Crippen molar-refractivity contribution in [3.63, 3.8) is 0 Å². The first-order chi connectivity index (χ1) is 10.1. The van der Waals surface area contributed by atoms with E-state index < -0.39 is 15.6 Å². The van der Waals surface area contributed by atoms with Gasteiger partial charge in [-0.2, -0.15) is 0 Å². The van der Waals surface area contributed by atoms with E-state index in [0.29, 0.717) is 0 Å². The zero-order valence-electron chi connectivity index (χ0n) is 13.2. The third kappa shape index (κ3) is 3.92. The molecule has 0 fully saturated rings. The van der Waals surface area contributed by atoms with Crippen molar-refractivity contribution < 1.29 is 8.42 Å². The second-order valence-corrected chi connectivity index (χ2v) is 8.31. The molecule has 0 aliphatic rings. The van der Waals surface area contributed by atoms with E-state index in [1.807, 2.05) is 51.1 Å². The van der Waals surface area contributed by atoms with Crippen molar-refractivity contribution in [3.05, 3.63) is 47.7 Å². The highest BCUT2D eigenvalue weighted by Gasteiger charge is 2.27. The van der Waals surface area contributed by atoms with Crippen molar-refractivity contribution in [2.75, 3.05) is 6.26 Å². The van der Waals surface area contributed by atoms with E-state index in [1.165, 1.54) is 11.8 Å². The molecule has 0 aliphatic carbocycles. The molecule has 1 atom stereocenters. The second-order valence-electron chi connectivity index (χ2n) is 5.99. The Labute approximate surface area is 134 Å². The van der Waals surface area contributed by atoms with Gasteiger partial charge in [-0.15, -0.1) is 9.24 Å². The molecule has 22 heavy (non-hydrogen) atoms. The van der Waals surface area contributed by atoms with Gasteiger partial charge < -0.3 is 0 Å². The van der Waals surface area contributed by atoms with Crippen molar-refractivity contribution >= 4 is 24.6 Å². The maximum absolute atomic E-state index is 11.6. The quantitative estimate of drug-likeness (QED) is 0.872. The highest BCUT2D eigenvalue weighted by Crippen LogP contribution is 2.25. The SMILES string of the molecule is Cc1ccc(-c2nccc(C(C)(C)NS(C)(=O)=O)c2P)cc1. The van der Waals surface area contributed by atoms with Crippen molar-refractivity contribution in [2.45, 2.75) is 26.3 Å². The molecule has 4 nitrogen and oxygen atoms in total. The summed E-state index contributed by atoms with van der Waals surface area (Å²) in [6.07, 6.45) is 2.88. The molecule has 0 spiro atoms. The van der Waals surface area contributed by atoms with Crippen molar-refractivity contribution in [2.24, 2.45) is 0 Å². The Morgan fingerprint density at radius 2 is 1.73 bits per heavy atom. The molecule has 0 aliphatic heterocycles. The molecule has 0 radical (unpaired) electrons. The second kappa shape index (κ2) is 6.07. The van der Waals surface area contributed by atoms with Crippen LogP contribution in [0, 0.1) is 6.92 Å². The molecular weight excluding hydrogens is 315 g/mol. The van der Waals surface area contributed by atoms with Gasteiger partial charge in [-0.05, 0) is 32.4 Å². The Morgan fingerprint density at radius 3 is 2.27 bits per heavy atom. The number of nitrogens with one attached hydrogen (secondary N) is 1. The Bertz CT molecular complexity index is 784. The van der Waals surface area contributed by atoms with Crippen LogP contribution >= 0.6 is 9.24 Å². The number of sulfonamides is 1. The molecule has 1 heterocycles. The molecule has 118 valence electrons. The van der Waals surface area contributed by atoms with E-state index in [4.69, 9.17) is 0 Å². The van der Waals surface area contributed by atoms with Crippen LogP contribution < -0.4 is 10.0 Å². The Morgan fingerprint density at radius 1 is 1.14 bits per heavy atom. The zero-order chi connectivity index (χ0) is 16.5. The summed E-state index contributed by atoms with van der Waals surface area (Å²) in [5.41, 5.74) is 3.20. The summed E-state index contributed by atoms with van der Waals surface area (Å²) < 4.78 is 25.9. The first kappa shape index (κ1) is 17.1. The smallest absolute Gasteiger partial charge is 0.209 e. The fourth-order valence-corrected chi connectivity index (χ4v) is 4.21. The van der Waals surface area contributed by atoms with Crippen LogP contribution in [0.15, 0.2) is 36.5 Å². The van der Waals surface area contributed by atoms with Crippen molar-refractivity contribution in [1.82, 2.24) is 9.71 Å². The highest BCUT2D eigenvalue weighted by molar-refractivity contribution is 7.88. The number of benzene rings is 1. The van der Waals surface area contributed by atoms with Crippen molar-refractivity contribution in [1.29, 1.82) is 0 Å². The first-order valence-corrected chi connectivity index (χ1v) is 9.38. The van der Waals surface area contributed by atoms with Crippen LogP contribution in [-0.4, -0.2) is 19.7 Å². The van der Waals surface area contributed by atoms with Crippen LogP contribution in [0.4, 0.5) is 0 Å². The predicted molar refractivity (Wildman–Crippen MR) is 94.8 cm³/mol. The average molecular weight is 336 g/mol. The summed E-state index contributed by atoms with van der Waals surface area (Å²) in [5.74, 6) is 0. The molecule has 0 amide bonds. The number of hydrogen-bond acceptors (Lipinski definition) is 3. The van der Waals surface area contributed by atoms with Gasteiger partial charge in [0.05, 0.1) is 17.5 Å². The number of pyridine rings is 1. The lowest BCUT2D eigenvalue weighted by Crippen LogP contribution is -2.42. The Hall–Kier alpha value is -1.29. The number of nitrogens with zero attached hydrogens (tertiary/aromatic N) is 1. The molecule has 6 heteroatoms. The van der Waals surface area contributed by atoms with Gasteiger partial charge >= 0.3 is 0 Å². The number of aryl methyl sites for hydroxylation is 1. The van der Waals surface area contributed by atoms with Gasteiger partial charge in [0.1, 0.15) is 0 Å². The lowest BCUT2D eigenvalue weighted by atomic mass is 9.94. The molecule has 0 bridgehead atoms. The van der Waals surface area contributed by atoms with E-state index in [0.717, 1.165) is 22.1 Å². The van der Waals surface area contributed by atoms with E-state index in [-0.39, 0.29) is 0 Å². The van der Waals surface area contributed by atoms with E-state index in [1.54, 1.807) is 6.20 Å². The molecule has 0 saturated carbocycles. The van der Waals surface area contributed by atoms with Crippen LogP contribution in [0.25, 0.3) is 11.3 Å². The van der Waals surface area contributed by atoms with Crippen LogP contribution in [0.1, 0.15) is 25.0 Å². The topological polar surface area (TPSA) is 59.1 Å². The summed E-state index contributed by atoms with van der Waals surface area (Å²) in [6.45, 7) is 5.72. The fourth-order valence-electron chi connectivity index (χ4n) is 2.48. The lowest BCUT2D eigenvalue weighted by Gasteiger charge is -2.28. The van der Waals surface area contributed by atoms with Gasteiger partial charge in [0.2, 0.25) is 10.0 Å². The zero-order valence-corrected chi connectivity index (χ0v) is 15.2. The Kier molecular flexibility index (Phi) is 4.71. The average Bonchev–Trinajstić information content (AvgIpc) is 2.37. The molecule has 2 rings (SSSR count). The Balaban J connectivity index is 2.52. The van der Waals surface area contributed by atoms with Crippen LogP contribution in [-0.2, 0) is 15.6 Å². The van der Waals surface area contributed by atoms with E-state index in [2.05, 4.69) is 18.9 Å². The van der Waals surface area contributed by atoms with Crippen LogP contribution in [0.2, 0.25) is 0 Å². The minimum atomic E-state index is -3.31. The minimum Gasteiger partial charge on any atom is -0.256 e. The number of aromatic nitrogens is 1. The maximum atomic E-state index is 11.6. The summed E-state index contributed by atoms with van der Waals surface area (Å²) in [7, 11) is -0.620. The molecule has 1 aromatic carbocycles. The number of hydrogen-bond donors (Lipinski definition) is 1. The molecule has 1 N–H and O–H groups in total. The lowest BCUT2D eigenvalue weighted by molar-refractivity contribution is 0.477. The fraction of sp³-hybridized carbons (Fsp3) is 0.312. The third-order valence-corrected chi connectivity index (χ3v) is 4.89. The predicted octanol–water partition coefficient (Wildman–Crippen LogP) is 2.34. The molecular formula is C16H21N2O2PS. The van der Waals surface area contributed by atoms with Gasteiger partial charge in [0.15, 0.2) is 0 Å². The largest absolute Gasteiger partial charge is 0.256 e. The van der Waals surface area contributed by atoms with Gasteiger partial charge in [0.25, 0.3) is 0 Å². The summed E-state index contributed by atoms with van der Waals surface area (Å²) in [5, 5.41) is 0.896. The minimum absolute atomic E-state index is 0.715. The monoisotopic (exact) mass is 336 g/mol. The van der Waals surface area contributed by atoms with Crippen LogP contribution in [0.3, 0.4) is 0 Å². The summed E-state index contributed by atoms with van der Waals surface area (Å²) in [6, 6.07) is 9.96. The first-order valence-electron chi connectivity index (χ1n) is 6.91. The van der Waals surface area contributed by atoms with Crippen molar-refractivity contribution in [3.8, 4) is 11.3 Å². The summed E-state index contributed by atoms with van der Waals surface area (Å²) >= 11 is 0. The number of rotatable bonds is 4. The summed E-state index contributed by atoms with van der Waals surface area (Å²) in [4.78, 5) is 4.45. The molecule has 1 unspecified atom stereocenters. The van der Waals surface area contributed by atoms with Gasteiger partial charge in [-0.3, -0.25) is 4.98 Å².